The number of anilines is 1. The molecule has 2 unspecified atom stereocenters. The zero-order valence-corrected chi connectivity index (χ0v) is 11.3. The minimum Gasteiger partial charge on any atom is -0.342 e. The zero-order chi connectivity index (χ0) is 14.9. The Labute approximate surface area is 115 Å². The molecule has 1 aliphatic heterocycles. The SMILES string of the molecule is CCC(C)C1NC(=O)CN(c2cc(F)cc(F)c2)C1=O. The van der Waals surface area contributed by atoms with Crippen LogP contribution in [0.15, 0.2) is 18.2 Å². The fourth-order valence-corrected chi connectivity index (χ4v) is 2.21. The van der Waals surface area contributed by atoms with E-state index >= 15 is 0 Å². The average Bonchev–Trinajstić information content (AvgIpc) is 2.39. The second-order valence-electron chi connectivity index (χ2n) is 4.98. The van der Waals surface area contributed by atoms with Crippen molar-refractivity contribution in [1.82, 2.24) is 5.32 Å². The van der Waals surface area contributed by atoms with Gasteiger partial charge in [-0.15, -0.1) is 0 Å². The Bertz CT molecular complexity index is 528. The molecule has 1 aromatic rings. The van der Waals surface area contributed by atoms with E-state index in [9.17, 15) is 18.4 Å². The molecular weight excluding hydrogens is 266 g/mol. The third kappa shape index (κ3) is 2.79. The predicted octanol–water partition coefficient (Wildman–Crippen LogP) is 1.84. The van der Waals surface area contributed by atoms with Crippen molar-refractivity contribution >= 4 is 17.5 Å². The van der Waals surface area contributed by atoms with Crippen LogP contribution in [0.25, 0.3) is 0 Å². The van der Waals surface area contributed by atoms with Gasteiger partial charge in [0.1, 0.15) is 24.2 Å². The Morgan fingerprint density at radius 1 is 1.30 bits per heavy atom. The van der Waals surface area contributed by atoms with Crippen LogP contribution in [0.5, 0.6) is 0 Å². The van der Waals surface area contributed by atoms with E-state index in [1.807, 2.05) is 13.8 Å². The van der Waals surface area contributed by atoms with Gasteiger partial charge in [0.15, 0.2) is 0 Å². The van der Waals surface area contributed by atoms with Crippen LogP contribution in [-0.4, -0.2) is 24.4 Å². The summed E-state index contributed by atoms with van der Waals surface area (Å²) in [5.74, 6) is -2.28. The van der Waals surface area contributed by atoms with Crippen LogP contribution < -0.4 is 10.2 Å². The molecule has 0 aromatic heterocycles. The highest BCUT2D eigenvalue weighted by Gasteiger charge is 2.36. The molecule has 0 spiro atoms. The van der Waals surface area contributed by atoms with Crippen LogP contribution in [0.4, 0.5) is 14.5 Å². The van der Waals surface area contributed by atoms with Crippen molar-refractivity contribution in [3.63, 3.8) is 0 Å². The van der Waals surface area contributed by atoms with Crippen molar-refractivity contribution in [2.24, 2.45) is 5.92 Å². The summed E-state index contributed by atoms with van der Waals surface area (Å²) in [6, 6.07) is 2.16. The van der Waals surface area contributed by atoms with Crippen molar-refractivity contribution in [2.75, 3.05) is 11.4 Å². The molecule has 1 aliphatic rings. The normalized spacial score (nSPS) is 20.8. The number of rotatable bonds is 3. The van der Waals surface area contributed by atoms with Crippen molar-refractivity contribution < 1.29 is 18.4 Å². The summed E-state index contributed by atoms with van der Waals surface area (Å²) < 4.78 is 26.5. The monoisotopic (exact) mass is 282 g/mol. The van der Waals surface area contributed by atoms with E-state index in [2.05, 4.69) is 5.32 Å². The van der Waals surface area contributed by atoms with E-state index in [-0.39, 0.29) is 30.0 Å². The Balaban J connectivity index is 2.34. The summed E-state index contributed by atoms with van der Waals surface area (Å²) in [6.45, 7) is 3.53. The molecule has 2 amide bonds. The Hall–Kier alpha value is -1.98. The lowest BCUT2D eigenvalue weighted by atomic mass is 9.96. The first-order chi connectivity index (χ1) is 9.42. The first-order valence-electron chi connectivity index (χ1n) is 6.49. The highest BCUT2D eigenvalue weighted by molar-refractivity contribution is 6.06. The summed E-state index contributed by atoms with van der Waals surface area (Å²) in [4.78, 5) is 25.2. The van der Waals surface area contributed by atoms with Crippen molar-refractivity contribution in [3.05, 3.63) is 29.8 Å². The summed E-state index contributed by atoms with van der Waals surface area (Å²) in [5, 5.41) is 2.63. The van der Waals surface area contributed by atoms with Gasteiger partial charge >= 0.3 is 0 Å². The van der Waals surface area contributed by atoms with Gasteiger partial charge in [0.2, 0.25) is 11.8 Å². The van der Waals surface area contributed by atoms with Gasteiger partial charge in [0.25, 0.3) is 0 Å². The third-order valence-corrected chi connectivity index (χ3v) is 3.52. The van der Waals surface area contributed by atoms with Crippen LogP contribution in [0.2, 0.25) is 0 Å². The van der Waals surface area contributed by atoms with E-state index in [1.165, 1.54) is 0 Å². The third-order valence-electron chi connectivity index (χ3n) is 3.52. The van der Waals surface area contributed by atoms with Crippen molar-refractivity contribution in [2.45, 2.75) is 26.3 Å². The van der Waals surface area contributed by atoms with E-state index in [0.717, 1.165) is 23.1 Å². The molecular formula is C14H16F2N2O2. The molecule has 108 valence electrons. The second-order valence-corrected chi connectivity index (χ2v) is 4.98. The maximum atomic E-state index is 13.3. The Kier molecular flexibility index (Phi) is 4.01. The lowest BCUT2D eigenvalue weighted by molar-refractivity contribution is -0.132. The number of carbonyl (C=O) groups excluding carboxylic acids is 2. The molecule has 1 fully saturated rings. The molecule has 0 bridgehead atoms. The fourth-order valence-electron chi connectivity index (χ4n) is 2.21. The van der Waals surface area contributed by atoms with Crippen LogP contribution in [0.1, 0.15) is 20.3 Å². The highest BCUT2D eigenvalue weighted by Crippen LogP contribution is 2.23. The van der Waals surface area contributed by atoms with Crippen LogP contribution in [-0.2, 0) is 9.59 Å². The summed E-state index contributed by atoms with van der Waals surface area (Å²) >= 11 is 0. The number of hydrogen-bond acceptors (Lipinski definition) is 2. The first-order valence-corrected chi connectivity index (χ1v) is 6.49. The van der Waals surface area contributed by atoms with Crippen LogP contribution in [0, 0.1) is 17.6 Å². The predicted molar refractivity (Wildman–Crippen MR) is 70.1 cm³/mol. The smallest absolute Gasteiger partial charge is 0.250 e. The molecule has 0 radical (unpaired) electrons. The Morgan fingerprint density at radius 2 is 1.90 bits per heavy atom. The molecule has 1 heterocycles. The minimum atomic E-state index is -0.779. The lowest BCUT2D eigenvalue weighted by Crippen LogP contribution is -2.60. The quantitative estimate of drug-likeness (QED) is 0.919. The number of piperazine rings is 1. The van der Waals surface area contributed by atoms with Gasteiger partial charge < -0.3 is 10.2 Å². The van der Waals surface area contributed by atoms with Gasteiger partial charge in [-0.3, -0.25) is 9.59 Å². The van der Waals surface area contributed by atoms with Crippen LogP contribution in [0.3, 0.4) is 0 Å². The number of carbonyl (C=O) groups is 2. The molecule has 2 atom stereocenters. The molecule has 0 aliphatic carbocycles. The van der Waals surface area contributed by atoms with Gasteiger partial charge in [0, 0.05) is 6.07 Å². The molecule has 6 heteroatoms. The minimum absolute atomic E-state index is 0.0485. The van der Waals surface area contributed by atoms with Gasteiger partial charge in [-0.1, -0.05) is 20.3 Å². The number of hydrogen-bond donors (Lipinski definition) is 1. The molecule has 0 saturated carbocycles. The maximum absolute atomic E-state index is 13.3. The molecule has 1 saturated heterocycles. The molecule has 2 rings (SSSR count). The van der Waals surface area contributed by atoms with Gasteiger partial charge in [0.05, 0.1) is 5.69 Å². The summed E-state index contributed by atoms with van der Waals surface area (Å²) in [7, 11) is 0. The second kappa shape index (κ2) is 5.56. The summed E-state index contributed by atoms with van der Waals surface area (Å²) in [5.41, 5.74) is 0.0654. The number of benzene rings is 1. The molecule has 20 heavy (non-hydrogen) atoms. The van der Waals surface area contributed by atoms with Crippen molar-refractivity contribution in [3.8, 4) is 0 Å². The Morgan fingerprint density at radius 3 is 2.45 bits per heavy atom. The number of amides is 2. The first kappa shape index (κ1) is 14.4. The average molecular weight is 282 g/mol. The standard InChI is InChI=1S/C14H16F2N2O2/c1-3-8(2)13-14(20)18(7-12(19)17-13)11-5-9(15)4-10(16)6-11/h4-6,8,13H,3,7H2,1-2H3,(H,17,19). The molecule has 1 N–H and O–H groups in total. The van der Waals surface area contributed by atoms with E-state index < -0.39 is 17.7 Å². The van der Waals surface area contributed by atoms with Gasteiger partial charge in [-0.05, 0) is 18.1 Å². The molecule has 1 aromatic carbocycles. The van der Waals surface area contributed by atoms with Gasteiger partial charge in [-0.2, -0.15) is 0 Å². The van der Waals surface area contributed by atoms with E-state index in [1.54, 1.807) is 0 Å². The van der Waals surface area contributed by atoms with E-state index in [0.29, 0.717) is 6.42 Å². The van der Waals surface area contributed by atoms with Gasteiger partial charge in [-0.25, -0.2) is 8.78 Å². The van der Waals surface area contributed by atoms with Crippen molar-refractivity contribution in [1.29, 1.82) is 0 Å². The lowest BCUT2D eigenvalue weighted by Gasteiger charge is -2.35. The number of halogens is 2. The summed E-state index contributed by atoms with van der Waals surface area (Å²) in [6.07, 6.45) is 0.710. The maximum Gasteiger partial charge on any atom is 0.250 e. The molecule has 4 nitrogen and oxygen atoms in total. The van der Waals surface area contributed by atoms with Crippen LogP contribution >= 0.6 is 0 Å². The largest absolute Gasteiger partial charge is 0.342 e. The van der Waals surface area contributed by atoms with E-state index in [4.69, 9.17) is 0 Å². The number of nitrogens with zero attached hydrogens (tertiary/aromatic N) is 1. The highest BCUT2D eigenvalue weighted by atomic mass is 19.1. The number of nitrogens with one attached hydrogen (secondary N) is 1. The fraction of sp³-hybridized carbons (Fsp3) is 0.429. The zero-order valence-electron chi connectivity index (χ0n) is 11.3. The topological polar surface area (TPSA) is 49.4 Å².